The monoisotopic (exact) mass is 273 g/mol. The highest BCUT2D eigenvalue weighted by Crippen LogP contribution is 2.38. The van der Waals surface area contributed by atoms with E-state index in [1.54, 1.807) is 11.3 Å². The first kappa shape index (κ1) is 10.7. The molecule has 1 nitrogen and oxygen atoms in total. The lowest BCUT2D eigenvalue weighted by Gasteiger charge is -2.28. The smallest absolute Gasteiger partial charge is 0.0317 e. The molecule has 0 radical (unpaired) electrons. The summed E-state index contributed by atoms with van der Waals surface area (Å²) in [5, 5.41) is 7.89. The van der Waals surface area contributed by atoms with Gasteiger partial charge in [0.15, 0.2) is 0 Å². The molecule has 3 heteroatoms. The Morgan fingerprint density at radius 3 is 2.93 bits per heavy atom. The molecule has 2 unspecified atom stereocenters. The van der Waals surface area contributed by atoms with E-state index >= 15 is 0 Å². The van der Waals surface area contributed by atoms with Crippen LogP contribution in [0.3, 0.4) is 0 Å². The van der Waals surface area contributed by atoms with Crippen LogP contribution in [0.2, 0.25) is 0 Å². The van der Waals surface area contributed by atoms with E-state index in [1.807, 2.05) is 0 Å². The molecule has 2 rings (SSSR count). The fraction of sp³-hybridized carbons (Fsp3) is 0.636. The first-order chi connectivity index (χ1) is 6.81. The van der Waals surface area contributed by atoms with Crippen LogP contribution in [0, 0.1) is 0 Å². The maximum Gasteiger partial charge on any atom is 0.0317 e. The third kappa shape index (κ3) is 2.20. The summed E-state index contributed by atoms with van der Waals surface area (Å²) >= 11 is 5.44. The Balaban J connectivity index is 2.08. The molecule has 1 saturated carbocycles. The van der Waals surface area contributed by atoms with Gasteiger partial charge >= 0.3 is 0 Å². The molecule has 1 aliphatic rings. The van der Waals surface area contributed by atoms with Gasteiger partial charge in [-0.1, -0.05) is 6.42 Å². The van der Waals surface area contributed by atoms with Gasteiger partial charge in [-0.3, -0.25) is 0 Å². The molecule has 1 aliphatic carbocycles. The quantitative estimate of drug-likeness (QED) is 0.866. The van der Waals surface area contributed by atoms with Gasteiger partial charge < -0.3 is 5.32 Å². The Morgan fingerprint density at radius 2 is 2.29 bits per heavy atom. The molecule has 1 N–H and O–H groups in total. The molecule has 1 aromatic heterocycles. The van der Waals surface area contributed by atoms with Crippen LogP contribution in [0.4, 0.5) is 0 Å². The first-order valence-electron chi connectivity index (χ1n) is 5.20. The predicted molar refractivity (Wildman–Crippen MR) is 66.1 cm³/mol. The molecule has 0 bridgehead atoms. The maximum atomic E-state index is 3.63. The Hall–Kier alpha value is 0.140. The van der Waals surface area contributed by atoms with Gasteiger partial charge in [-0.05, 0) is 59.1 Å². The van der Waals surface area contributed by atoms with E-state index in [-0.39, 0.29) is 0 Å². The molecular weight excluding hydrogens is 258 g/mol. The van der Waals surface area contributed by atoms with E-state index in [0.29, 0.717) is 0 Å². The van der Waals surface area contributed by atoms with E-state index in [0.717, 1.165) is 12.0 Å². The van der Waals surface area contributed by atoms with Gasteiger partial charge in [0.1, 0.15) is 0 Å². The summed E-state index contributed by atoms with van der Waals surface area (Å²) in [6, 6.07) is 0.723. The van der Waals surface area contributed by atoms with E-state index in [9.17, 15) is 0 Å². The Kier molecular flexibility index (Phi) is 3.63. The fourth-order valence-electron chi connectivity index (χ4n) is 2.32. The van der Waals surface area contributed by atoms with Gasteiger partial charge in [-0.25, -0.2) is 0 Å². The summed E-state index contributed by atoms with van der Waals surface area (Å²) in [4.78, 5) is 0. The van der Waals surface area contributed by atoms with Crippen LogP contribution in [0.25, 0.3) is 0 Å². The highest BCUT2D eigenvalue weighted by molar-refractivity contribution is 9.10. The molecule has 0 aliphatic heterocycles. The highest BCUT2D eigenvalue weighted by Gasteiger charge is 2.23. The lowest BCUT2D eigenvalue weighted by molar-refractivity contribution is 0.355. The van der Waals surface area contributed by atoms with Crippen molar-refractivity contribution >= 4 is 27.3 Å². The summed E-state index contributed by atoms with van der Waals surface area (Å²) in [5.74, 6) is 0.766. The minimum absolute atomic E-state index is 0.723. The van der Waals surface area contributed by atoms with E-state index in [4.69, 9.17) is 0 Å². The molecule has 1 fully saturated rings. The van der Waals surface area contributed by atoms with Gasteiger partial charge in [-0.2, -0.15) is 11.3 Å². The van der Waals surface area contributed by atoms with Crippen LogP contribution >= 0.6 is 27.3 Å². The molecule has 14 heavy (non-hydrogen) atoms. The third-order valence-corrected chi connectivity index (χ3v) is 4.92. The number of hydrogen-bond acceptors (Lipinski definition) is 2. The first-order valence-corrected chi connectivity index (χ1v) is 6.93. The lowest BCUT2D eigenvalue weighted by atomic mass is 9.82. The number of hydrogen-bond donors (Lipinski definition) is 1. The third-order valence-electron chi connectivity index (χ3n) is 3.16. The van der Waals surface area contributed by atoms with Crippen molar-refractivity contribution < 1.29 is 0 Å². The fourth-order valence-corrected chi connectivity index (χ4v) is 4.02. The largest absolute Gasteiger partial charge is 0.317 e. The van der Waals surface area contributed by atoms with E-state index < -0.39 is 0 Å². The van der Waals surface area contributed by atoms with Crippen LogP contribution in [0.1, 0.15) is 37.2 Å². The molecule has 1 aromatic rings. The van der Waals surface area contributed by atoms with Crippen molar-refractivity contribution in [3.05, 3.63) is 20.8 Å². The maximum absolute atomic E-state index is 3.63. The molecule has 0 spiro atoms. The molecule has 2 atom stereocenters. The second kappa shape index (κ2) is 4.77. The summed E-state index contributed by atoms with van der Waals surface area (Å²) in [7, 11) is 2.08. The van der Waals surface area contributed by atoms with Crippen LogP contribution in [-0.4, -0.2) is 13.1 Å². The van der Waals surface area contributed by atoms with Crippen molar-refractivity contribution in [2.75, 3.05) is 7.05 Å². The van der Waals surface area contributed by atoms with Gasteiger partial charge in [0.25, 0.3) is 0 Å². The highest BCUT2D eigenvalue weighted by atomic mass is 79.9. The number of thiophene rings is 1. The SMILES string of the molecule is CNC1CCCC(c2cscc2Br)C1. The van der Waals surface area contributed by atoms with Crippen molar-refractivity contribution in [1.29, 1.82) is 0 Å². The summed E-state index contributed by atoms with van der Waals surface area (Å²) in [6.07, 6.45) is 5.35. The molecule has 0 saturated heterocycles. The number of halogens is 1. The van der Waals surface area contributed by atoms with Crippen molar-refractivity contribution in [3.63, 3.8) is 0 Å². The average Bonchev–Trinajstić information content (AvgIpc) is 2.65. The Labute approximate surface area is 98.0 Å². The minimum atomic E-state index is 0.723. The zero-order valence-corrected chi connectivity index (χ0v) is 10.8. The standard InChI is InChI=1S/C11H16BrNS/c1-13-9-4-2-3-8(5-9)10-6-14-7-11(10)12/h6-9,13H,2-5H2,1H3. The Morgan fingerprint density at radius 1 is 1.43 bits per heavy atom. The second-order valence-corrected chi connectivity index (χ2v) is 5.62. The second-order valence-electron chi connectivity index (χ2n) is 4.02. The molecule has 0 aromatic carbocycles. The Bertz CT molecular complexity index is 297. The van der Waals surface area contributed by atoms with Crippen molar-refractivity contribution in [2.24, 2.45) is 0 Å². The van der Waals surface area contributed by atoms with Gasteiger partial charge in [0.05, 0.1) is 0 Å². The zero-order chi connectivity index (χ0) is 9.97. The van der Waals surface area contributed by atoms with Crippen molar-refractivity contribution in [2.45, 2.75) is 37.6 Å². The normalized spacial score (nSPS) is 27.9. The number of rotatable bonds is 2. The van der Waals surface area contributed by atoms with Crippen molar-refractivity contribution in [3.8, 4) is 0 Å². The van der Waals surface area contributed by atoms with Crippen LogP contribution in [0.15, 0.2) is 15.2 Å². The summed E-state index contributed by atoms with van der Waals surface area (Å²) in [6.45, 7) is 0. The minimum Gasteiger partial charge on any atom is -0.317 e. The van der Waals surface area contributed by atoms with Crippen LogP contribution in [-0.2, 0) is 0 Å². The van der Waals surface area contributed by atoms with Gasteiger partial charge in [-0.15, -0.1) is 0 Å². The topological polar surface area (TPSA) is 12.0 Å². The van der Waals surface area contributed by atoms with E-state index in [1.165, 1.54) is 35.7 Å². The average molecular weight is 274 g/mol. The molecule has 0 amide bonds. The molecule has 78 valence electrons. The number of nitrogens with one attached hydrogen (secondary N) is 1. The van der Waals surface area contributed by atoms with Crippen molar-refractivity contribution in [1.82, 2.24) is 5.32 Å². The van der Waals surface area contributed by atoms with Gasteiger partial charge in [0.2, 0.25) is 0 Å². The van der Waals surface area contributed by atoms with Gasteiger partial charge in [0, 0.05) is 15.9 Å². The predicted octanol–water partition coefficient (Wildman–Crippen LogP) is 3.76. The zero-order valence-electron chi connectivity index (χ0n) is 8.42. The van der Waals surface area contributed by atoms with E-state index in [2.05, 4.69) is 39.1 Å². The lowest BCUT2D eigenvalue weighted by Crippen LogP contribution is -2.30. The molecule has 1 heterocycles. The van der Waals surface area contributed by atoms with Crippen LogP contribution in [0.5, 0.6) is 0 Å². The summed E-state index contributed by atoms with van der Waals surface area (Å²) < 4.78 is 1.31. The van der Waals surface area contributed by atoms with Crippen LogP contribution < -0.4 is 5.32 Å². The molecular formula is C11H16BrNS. The summed E-state index contributed by atoms with van der Waals surface area (Å²) in [5.41, 5.74) is 1.52.